The summed E-state index contributed by atoms with van der Waals surface area (Å²) in [5.74, 6) is -1.01. The van der Waals surface area contributed by atoms with Crippen LogP contribution in [0.25, 0.3) is 0 Å². The fourth-order valence-electron chi connectivity index (χ4n) is 2.99. The number of nitrogens with zero attached hydrogens (tertiary/aromatic N) is 1. The Labute approximate surface area is 181 Å². The van der Waals surface area contributed by atoms with Crippen molar-refractivity contribution >= 4 is 29.3 Å². The molecule has 2 rings (SSSR count). The number of carbonyl (C=O) groups excluding carboxylic acids is 3. The van der Waals surface area contributed by atoms with Gasteiger partial charge in [0.15, 0.2) is 0 Å². The Morgan fingerprint density at radius 1 is 1.06 bits per heavy atom. The predicted molar refractivity (Wildman–Crippen MR) is 119 cm³/mol. The standard InChI is InChI=1S/C23H28N4O4/c1-3-31-22(30)15-19(16-7-5-4-6-8-16)26-20(28)13-14-21(29)27(2)18-11-9-17(10-12-18)23(24)25/h4-12,19H,3,13-15H2,1-2H3,(H3,24,25)(H,26,28). The molecule has 4 N–H and O–H groups in total. The lowest BCUT2D eigenvalue weighted by Gasteiger charge is -2.20. The quantitative estimate of drug-likeness (QED) is 0.307. The summed E-state index contributed by atoms with van der Waals surface area (Å²) in [6.07, 6.45) is 0.0124. The van der Waals surface area contributed by atoms with Crippen LogP contribution < -0.4 is 16.0 Å². The van der Waals surface area contributed by atoms with Crippen molar-refractivity contribution in [2.45, 2.75) is 32.2 Å². The van der Waals surface area contributed by atoms with Gasteiger partial charge in [0.1, 0.15) is 5.84 Å². The zero-order valence-corrected chi connectivity index (χ0v) is 17.8. The molecule has 0 spiro atoms. The summed E-state index contributed by atoms with van der Waals surface area (Å²) in [5, 5.41) is 10.2. The number of esters is 1. The van der Waals surface area contributed by atoms with E-state index >= 15 is 0 Å². The minimum atomic E-state index is -0.528. The van der Waals surface area contributed by atoms with Crippen LogP contribution in [0.3, 0.4) is 0 Å². The lowest BCUT2D eigenvalue weighted by molar-refractivity contribution is -0.144. The Morgan fingerprint density at radius 3 is 2.29 bits per heavy atom. The maximum atomic E-state index is 12.5. The Kier molecular flexibility index (Phi) is 8.75. The third-order valence-electron chi connectivity index (χ3n) is 4.72. The molecule has 0 aromatic heterocycles. The third kappa shape index (κ3) is 7.26. The molecule has 2 amide bonds. The number of carbonyl (C=O) groups is 3. The maximum absolute atomic E-state index is 12.5. The molecule has 164 valence electrons. The van der Waals surface area contributed by atoms with E-state index in [0.29, 0.717) is 11.3 Å². The smallest absolute Gasteiger partial charge is 0.308 e. The first-order chi connectivity index (χ1) is 14.8. The van der Waals surface area contributed by atoms with Gasteiger partial charge in [0.25, 0.3) is 0 Å². The molecule has 0 aliphatic carbocycles. The van der Waals surface area contributed by atoms with Crippen LogP contribution in [0.5, 0.6) is 0 Å². The second-order valence-corrected chi connectivity index (χ2v) is 6.95. The Balaban J connectivity index is 1.95. The molecule has 8 heteroatoms. The molecule has 0 aliphatic heterocycles. The largest absolute Gasteiger partial charge is 0.466 e. The molecule has 0 aliphatic rings. The lowest BCUT2D eigenvalue weighted by atomic mass is 10.0. The summed E-state index contributed by atoms with van der Waals surface area (Å²) < 4.78 is 5.01. The average Bonchev–Trinajstić information content (AvgIpc) is 2.77. The van der Waals surface area contributed by atoms with E-state index in [1.807, 2.05) is 30.3 Å². The van der Waals surface area contributed by atoms with Crippen LogP contribution in [-0.4, -0.2) is 37.3 Å². The van der Waals surface area contributed by atoms with Gasteiger partial charge in [-0.1, -0.05) is 30.3 Å². The van der Waals surface area contributed by atoms with Gasteiger partial charge in [0, 0.05) is 31.1 Å². The number of hydrogen-bond acceptors (Lipinski definition) is 5. The number of rotatable bonds is 10. The van der Waals surface area contributed by atoms with Gasteiger partial charge in [-0.25, -0.2) is 0 Å². The van der Waals surface area contributed by atoms with Crippen LogP contribution in [0, 0.1) is 5.41 Å². The van der Waals surface area contributed by atoms with Gasteiger partial charge < -0.3 is 20.7 Å². The summed E-state index contributed by atoms with van der Waals surface area (Å²) >= 11 is 0. The van der Waals surface area contributed by atoms with Crippen molar-refractivity contribution in [2.75, 3.05) is 18.6 Å². The maximum Gasteiger partial charge on any atom is 0.308 e. The van der Waals surface area contributed by atoms with E-state index in [2.05, 4.69) is 5.32 Å². The normalized spacial score (nSPS) is 11.3. The SMILES string of the molecule is CCOC(=O)CC(NC(=O)CCC(=O)N(C)c1ccc(C(=N)N)cc1)c1ccccc1. The van der Waals surface area contributed by atoms with E-state index in [-0.39, 0.29) is 43.5 Å². The Hall–Kier alpha value is -3.68. The first kappa shape index (κ1) is 23.6. The second-order valence-electron chi connectivity index (χ2n) is 6.95. The molecule has 1 atom stereocenters. The molecule has 0 bridgehead atoms. The van der Waals surface area contributed by atoms with Crippen molar-refractivity contribution in [3.8, 4) is 0 Å². The number of anilines is 1. The zero-order valence-electron chi connectivity index (χ0n) is 17.8. The molecule has 8 nitrogen and oxygen atoms in total. The number of amidine groups is 1. The Bertz CT molecular complexity index is 913. The average molecular weight is 425 g/mol. The highest BCUT2D eigenvalue weighted by atomic mass is 16.5. The first-order valence-electron chi connectivity index (χ1n) is 10.0. The van der Waals surface area contributed by atoms with Crippen molar-refractivity contribution in [1.29, 1.82) is 5.41 Å². The number of hydrogen-bond donors (Lipinski definition) is 3. The predicted octanol–water partition coefficient (Wildman–Crippen LogP) is 2.52. The van der Waals surface area contributed by atoms with Gasteiger partial charge in [0.05, 0.1) is 19.1 Å². The Morgan fingerprint density at radius 2 is 1.71 bits per heavy atom. The van der Waals surface area contributed by atoms with Crippen molar-refractivity contribution in [3.63, 3.8) is 0 Å². The van der Waals surface area contributed by atoms with Gasteiger partial charge in [-0.2, -0.15) is 0 Å². The minimum Gasteiger partial charge on any atom is -0.466 e. The first-order valence-corrected chi connectivity index (χ1v) is 10.0. The van der Waals surface area contributed by atoms with Crippen LogP contribution >= 0.6 is 0 Å². The molecule has 0 saturated carbocycles. The number of nitrogens with two attached hydrogens (primary N) is 1. The molecule has 1 unspecified atom stereocenters. The number of benzene rings is 2. The highest BCUT2D eigenvalue weighted by Gasteiger charge is 2.20. The number of amides is 2. The molecular weight excluding hydrogens is 396 g/mol. The van der Waals surface area contributed by atoms with Crippen LogP contribution in [0.15, 0.2) is 54.6 Å². The molecule has 31 heavy (non-hydrogen) atoms. The van der Waals surface area contributed by atoms with Gasteiger partial charge in [-0.15, -0.1) is 0 Å². The summed E-state index contributed by atoms with van der Waals surface area (Å²) in [7, 11) is 1.62. The number of ether oxygens (including phenoxy) is 1. The van der Waals surface area contributed by atoms with Crippen molar-refractivity contribution in [3.05, 3.63) is 65.7 Å². The van der Waals surface area contributed by atoms with Crippen molar-refractivity contribution < 1.29 is 19.1 Å². The van der Waals surface area contributed by atoms with Crippen molar-refractivity contribution in [2.24, 2.45) is 5.73 Å². The fourth-order valence-corrected chi connectivity index (χ4v) is 2.99. The lowest BCUT2D eigenvalue weighted by Crippen LogP contribution is -2.32. The second kappa shape index (κ2) is 11.5. The molecule has 2 aromatic carbocycles. The summed E-state index contributed by atoms with van der Waals surface area (Å²) in [6.45, 7) is 1.99. The van der Waals surface area contributed by atoms with E-state index in [1.54, 1.807) is 38.2 Å². The van der Waals surface area contributed by atoms with Crippen LogP contribution in [0.4, 0.5) is 5.69 Å². The molecule has 0 radical (unpaired) electrons. The van der Waals surface area contributed by atoms with E-state index in [1.165, 1.54) is 4.90 Å². The minimum absolute atomic E-state index is 0.0116. The van der Waals surface area contributed by atoms with Crippen LogP contribution in [0.1, 0.15) is 43.4 Å². The highest BCUT2D eigenvalue weighted by Crippen LogP contribution is 2.18. The summed E-state index contributed by atoms with van der Waals surface area (Å²) in [6, 6.07) is 15.3. The van der Waals surface area contributed by atoms with E-state index in [0.717, 1.165) is 5.56 Å². The summed E-state index contributed by atoms with van der Waals surface area (Å²) in [5.41, 5.74) is 7.43. The number of nitrogen functional groups attached to an aromatic ring is 1. The fraction of sp³-hybridized carbons (Fsp3) is 0.304. The van der Waals surface area contributed by atoms with Crippen LogP contribution in [-0.2, 0) is 19.1 Å². The van der Waals surface area contributed by atoms with Gasteiger partial charge >= 0.3 is 5.97 Å². The van der Waals surface area contributed by atoms with Crippen molar-refractivity contribution in [1.82, 2.24) is 5.32 Å². The molecule has 2 aromatic rings. The molecule has 0 fully saturated rings. The molecule has 0 saturated heterocycles. The van der Waals surface area contributed by atoms with Gasteiger partial charge in [-0.05, 0) is 36.8 Å². The van der Waals surface area contributed by atoms with Crippen LogP contribution in [0.2, 0.25) is 0 Å². The molecular formula is C23H28N4O4. The summed E-state index contributed by atoms with van der Waals surface area (Å²) in [4.78, 5) is 38.3. The van der Waals surface area contributed by atoms with E-state index in [9.17, 15) is 14.4 Å². The number of nitrogens with one attached hydrogen (secondary N) is 2. The zero-order chi connectivity index (χ0) is 22.8. The topological polar surface area (TPSA) is 126 Å². The van der Waals surface area contributed by atoms with Gasteiger partial charge in [0.2, 0.25) is 11.8 Å². The monoisotopic (exact) mass is 424 g/mol. The van der Waals surface area contributed by atoms with E-state index in [4.69, 9.17) is 15.9 Å². The molecule has 0 heterocycles. The third-order valence-corrected chi connectivity index (χ3v) is 4.72. The van der Waals surface area contributed by atoms with Gasteiger partial charge in [-0.3, -0.25) is 19.8 Å². The highest BCUT2D eigenvalue weighted by molar-refractivity contribution is 5.97. The van der Waals surface area contributed by atoms with E-state index < -0.39 is 12.0 Å².